The maximum Gasteiger partial charge on any atom is 0.0389 e. The molecule has 0 bridgehead atoms. The van der Waals surface area contributed by atoms with E-state index in [-0.39, 0.29) is 0 Å². The topological polar surface area (TPSA) is 12.4 Å². The van der Waals surface area contributed by atoms with Crippen LogP contribution in [0.15, 0.2) is 35.3 Å². The van der Waals surface area contributed by atoms with Gasteiger partial charge in [-0.1, -0.05) is 69.4 Å². The standard InChI is InChI=1S/C15H23N/c1-2-3-4-5-6-10-13-16-14-15-11-8-7-9-12-15/h7-9,11-12,14H,2-6,10,13H2,1H3/b16-14+. The molecular weight excluding hydrogens is 194 g/mol. The Hall–Kier alpha value is -1.11. The molecule has 16 heavy (non-hydrogen) atoms. The summed E-state index contributed by atoms with van der Waals surface area (Å²) in [6.07, 6.45) is 10.00. The maximum atomic E-state index is 4.43. The van der Waals surface area contributed by atoms with Crippen molar-refractivity contribution in [3.8, 4) is 0 Å². The zero-order valence-electron chi connectivity index (χ0n) is 10.4. The van der Waals surface area contributed by atoms with Gasteiger partial charge in [-0.15, -0.1) is 0 Å². The minimum absolute atomic E-state index is 0.973. The third kappa shape index (κ3) is 6.39. The first-order valence-corrected chi connectivity index (χ1v) is 6.48. The van der Waals surface area contributed by atoms with E-state index in [4.69, 9.17) is 0 Å². The van der Waals surface area contributed by atoms with Gasteiger partial charge in [0.2, 0.25) is 0 Å². The highest BCUT2D eigenvalue weighted by Crippen LogP contribution is 2.04. The van der Waals surface area contributed by atoms with Gasteiger partial charge in [-0.2, -0.15) is 0 Å². The zero-order chi connectivity index (χ0) is 11.5. The van der Waals surface area contributed by atoms with Gasteiger partial charge in [-0.25, -0.2) is 0 Å². The summed E-state index contributed by atoms with van der Waals surface area (Å²) >= 11 is 0. The second-order valence-corrected chi connectivity index (χ2v) is 4.21. The van der Waals surface area contributed by atoms with E-state index < -0.39 is 0 Å². The average molecular weight is 217 g/mol. The Morgan fingerprint density at radius 2 is 1.62 bits per heavy atom. The summed E-state index contributed by atoms with van der Waals surface area (Å²) < 4.78 is 0. The van der Waals surface area contributed by atoms with E-state index in [2.05, 4.69) is 24.0 Å². The van der Waals surface area contributed by atoms with Crippen molar-refractivity contribution in [2.75, 3.05) is 6.54 Å². The van der Waals surface area contributed by atoms with Crippen LogP contribution in [-0.4, -0.2) is 12.8 Å². The lowest BCUT2D eigenvalue weighted by Crippen LogP contribution is -1.85. The Kier molecular flexibility index (Phi) is 7.40. The predicted molar refractivity (Wildman–Crippen MR) is 72.3 cm³/mol. The first kappa shape index (κ1) is 13.0. The molecule has 0 atom stereocenters. The highest BCUT2D eigenvalue weighted by molar-refractivity contribution is 5.79. The highest BCUT2D eigenvalue weighted by atomic mass is 14.7. The molecule has 0 unspecified atom stereocenters. The Morgan fingerprint density at radius 1 is 0.938 bits per heavy atom. The zero-order valence-corrected chi connectivity index (χ0v) is 10.4. The van der Waals surface area contributed by atoms with Crippen LogP contribution in [0.1, 0.15) is 51.0 Å². The van der Waals surface area contributed by atoms with Crippen molar-refractivity contribution in [3.63, 3.8) is 0 Å². The molecule has 0 aliphatic rings. The number of rotatable bonds is 8. The Bertz CT molecular complexity index is 277. The molecule has 88 valence electrons. The smallest absolute Gasteiger partial charge is 0.0389 e. The maximum absolute atomic E-state index is 4.43. The molecule has 0 aromatic heterocycles. The summed E-state index contributed by atoms with van der Waals surface area (Å²) in [7, 11) is 0. The monoisotopic (exact) mass is 217 g/mol. The molecule has 0 saturated carbocycles. The fourth-order valence-electron chi connectivity index (χ4n) is 1.69. The van der Waals surface area contributed by atoms with E-state index in [0.717, 1.165) is 6.54 Å². The fourth-order valence-corrected chi connectivity index (χ4v) is 1.69. The van der Waals surface area contributed by atoms with Crippen LogP contribution in [0.2, 0.25) is 0 Å². The first-order valence-electron chi connectivity index (χ1n) is 6.48. The molecule has 0 heterocycles. The summed E-state index contributed by atoms with van der Waals surface area (Å²) in [5, 5.41) is 0. The van der Waals surface area contributed by atoms with Crippen LogP contribution >= 0.6 is 0 Å². The molecule has 1 nitrogen and oxygen atoms in total. The van der Waals surface area contributed by atoms with Gasteiger partial charge in [-0.3, -0.25) is 4.99 Å². The van der Waals surface area contributed by atoms with E-state index >= 15 is 0 Å². The molecule has 0 aliphatic heterocycles. The van der Waals surface area contributed by atoms with Crippen LogP contribution in [0.3, 0.4) is 0 Å². The largest absolute Gasteiger partial charge is 0.293 e. The van der Waals surface area contributed by atoms with Crippen molar-refractivity contribution < 1.29 is 0 Å². The molecule has 0 aliphatic carbocycles. The molecule has 0 amide bonds. The van der Waals surface area contributed by atoms with Crippen LogP contribution < -0.4 is 0 Å². The number of aliphatic imine (C=N–C) groups is 1. The Balaban J connectivity index is 2.01. The van der Waals surface area contributed by atoms with Crippen molar-refractivity contribution in [2.24, 2.45) is 4.99 Å². The third-order valence-corrected chi connectivity index (χ3v) is 2.68. The van der Waals surface area contributed by atoms with Crippen LogP contribution in [-0.2, 0) is 0 Å². The van der Waals surface area contributed by atoms with Gasteiger partial charge in [0, 0.05) is 12.8 Å². The summed E-state index contributed by atoms with van der Waals surface area (Å²) in [5.41, 5.74) is 1.20. The van der Waals surface area contributed by atoms with E-state index in [1.54, 1.807) is 0 Å². The van der Waals surface area contributed by atoms with Crippen molar-refractivity contribution in [2.45, 2.75) is 45.4 Å². The lowest BCUT2D eigenvalue weighted by atomic mass is 10.1. The lowest BCUT2D eigenvalue weighted by molar-refractivity contribution is 0.612. The second-order valence-electron chi connectivity index (χ2n) is 4.21. The van der Waals surface area contributed by atoms with E-state index in [0.29, 0.717) is 0 Å². The van der Waals surface area contributed by atoms with Crippen molar-refractivity contribution >= 4 is 6.21 Å². The summed E-state index contributed by atoms with van der Waals surface area (Å²) in [6, 6.07) is 10.3. The van der Waals surface area contributed by atoms with Crippen molar-refractivity contribution in [3.05, 3.63) is 35.9 Å². The number of unbranched alkanes of at least 4 members (excludes halogenated alkanes) is 5. The molecule has 0 saturated heterocycles. The Morgan fingerprint density at radius 3 is 2.38 bits per heavy atom. The summed E-state index contributed by atoms with van der Waals surface area (Å²) in [6.45, 7) is 3.23. The second kappa shape index (κ2) is 9.14. The normalized spacial score (nSPS) is 11.1. The predicted octanol–water partition coefficient (Wildman–Crippen LogP) is 4.47. The van der Waals surface area contributed by atoms with Gasteiger partial charge < -0.3 is 0 Å². The number of benzene rings is 1. The number of hydrogen-bond donors (Lipinski definition) is 0. The van der Waals surface area contributed by atoms with Crippen LogP contribution in [0.25, 0.3) is 0 Å². The van der Waals surface area contributed by atoms with Gasteiger partial charge in [0.1, 0.15) is 0 Å². The van der Waals surface area contributed by atoms with E-state index in [1.165, 1.54) is 44.1 Å². The van der Waals surface area contributed by atoms with E-state index in [1.807, 2.05) is 24.4 Å². The number of nitrogens with zero attached hydrogens (tertiary/aromatic N) is 1. The Labute approximate surface area is 99.6 Å². The molecule has 1 rings (SSSR count). The first-order chi connectivity index (χ1) is 7.93. The molecule has 0 N–H and O–H groups in total. The van der Waals surface area contributed by atoms with Crippen LogP contribution in [0.4, 0.5) is 0 Å². The fraction of sp³-hybridized carbons (Fsp3) is 0.533. The quantitative estimate of drug-likeness (QED) is 0.450. The molecule has 0 spiro atoms. The summed E-state index contributed by atoms with van der Waals surface area (Å²) in [5.74, 6) is 0. The van der Waals surface area contributed by atoms with Crippen molar-refractivity contribution in [1.29, 1.82) is 0 Å². The van der Waals surface area contributed by atoms with Gasteiger partial charge in [0.25, 0.3) is 0 Å². The molecule has 0 fully saturated rings. The minimum Gasteiger partial charge on any atom is -0.293 e. The van der Waals surface area contributed by atoms with Crippen molar-refractivity contribution in [1.82, 2.24) is 0 Å². The highest BCUT2D eigenvalue weighted by Gasteiger charge is 1.88. The molecular formula is C15H23N. The van der Waals surface area contributed by atoms with Gasteiger partial charge >= 0.3 is 0 Å². The molecule has 1 heteroatoms. The minimum atomic E-state index is 0.973. The molecule has 1 aromatic carbocycles. The van der Waals surface area contributed by atoms with Crippen LogP contribution in [0, 0.1) is 0 Å². The van der Waals surface area contributed by atoms with Gasteiger partial charge in [-0.05, 0) is 12.0 Å². The molecule has 0 radical (unpaired) electrons. The third-order valence-electron chi connectivity index (χ3n) is 2.68. The summed E-state index contributed by atoms with van der Waals surface area (Å²) in [4.78, 5) is 4.43. The van der Waals surface area contributed by atoms with E-state index in [9.17, 15) is 0 Å². The lowest BCUT2D eigenvalue weighted by Gasteiger charge is -1.97. The SMILES string of the molecule is CCCCCCCC/N=C/c1ccccc1. The van der Waals surface area contributed by atoms with Crippen LogP contribution in [0.5, 0.6) is 0 Å². The number of hydrogen-bond acceptors (Lipinski definition) is 1. The van der Waals surface area contributed by atoms with Gasteiger partial charge in [0.05, 0.1) is 0 Å². The molecule has 1 aromatic rings. The van der Waals surface area contributed by atoms with Gasteiger partial charge in [0.15, 0.2) is 0 Å². The average Bonchev–Trinajstić information content (AvgIpc) is 2.34.